The Morgan fingerprint density at radius 2 is 2.25 bits per heavy atom. The Bertz CT molecular complexity index is 441. The number of nitrogens with two attached hydrogens (primary N) is 1. The first kappa shape index (κ1) is 11.9. The number of rotatable bonds is 5. The van der Waals surface area contributed by atoms with Crippen molar-refractivity contribution in [2.45, 2.75) is 0 Å². The van der Waals surface area contributed by atoms with Crippen molar-refractivity contribution < 1.29 is 24.6 Å². The van der Waals surface area contributed by atoms with Gasteiger partial charge in [-0.15, -0.1) is 11.3 Å². The van der Waals surface area contributed by atoms with Gasteiger partial charge >= 0.3 is 11.9 Å². The Morgan fingerprint density at radius 3 is 2.69 bits per heavy atom. The van der Waals surface area contributed by atoms with Crippen LogP contribution in [0.25, 0.3) is 0 Å². The van der Waals surface area contributed by atoms with Gasteiger partial charge in [0.25, 0.3) is 0 Å². The molecule has 0 bridgehead atoms. The summed E-state index contributed by atoms with van der Waals surface area (Å²) >= 11 is 1.04. The Morgan fingerprint density at radius 1 is 1.56 bits per heavy atom. The lowest BCUT2D eigenvalue weighted by atomic mass is 10.3. The summed E-state index contributed by atoms with van der Waals surface area (Å²) in [5, 5.41) is 21.8. The molecule has 16 heavy (non-hydrogen) atoms. The number of carboxylic acid groups (broad SMARTS) is 2. The monoisotopic (exact) mass is 245 g/mol. The molecule has 4 N–H and O–H groups in total. The third-order valence-electron chi connectivity index (χ3n) is 1.31. The minimum absolute atomic E-state index is 0.0281. The molecular weight excluding hydrogens is 238 g/mol. The van der Waals surface area contributed by atoms with Gasteiger partial charge in [-0.1, -0.05) is 5.16 Å². The quantitative estimate of drug-likeness (QED) is 0.475. The van der Waals surface area contributed by atoms with E-state index in [-0.39, 0.29) is 10.8 Å². The first-order valence-electron chi connectivity index (χ1n) is 3.87. The zero-order valence-electron chi connectivity index (χ0n) is 7.78. The van der Waals surface area contributed by atoms with Crippen LogP contribution in [-0.2, 0) is 14.4 Å². The van der Waals surface area contributed by atoms with E-state index in [9.17, 15) is 9.59 Å². The van der Waals surface area contributed by atoms with Crippen LogP contribution in [0, 0.1) is 0 Å². The van der Waals surface area contributed by atoms with E-state index in [1.807, 2.05) is 0 Å². The second-order valence-electron chi connectivity index (χ2n) is 2.48. The molecule has 0 aliphatic heterocycles. The summed E-state index contributed by atoms with van der Waals surface area (Å²) in [6, 6.07) is 0. The molecule has 1 aromatic heterocycles. The van der Waals surface area contributed by atoms with Crippen LogP contribution in [-0.4, -0.2) is 39.5 Å². The molecule has 86 valence electrons. The van der Waals surface area contributed by atoms with Gasteiger partial charge in [-0.3, -0.25) is 0 Å². The first-order valence-corrected chi connectivity index (χ1v) is 4.75. The van der Waals surface area contributed by atoms with Crippen molar-refractivity contribution in [1.82, 2.24) is 4.98 Å². The van der Waals surface area contributed by atoms with Crippen LogP contribution in [0.2, 0.25) is 0 Å². The fraction of sp³-hybridized carbons (Fsp3) is 0.143. The van der Waals surface area contributed by atoms with E-state index in [0.29, 0.717) is 0 Å². The molecule has 0 radical (unpaired) electrons. The maximum absolute atomic E-state index is 10.8. The molecule has 1 rings (SSSR count). The van der Waals surface area contributed by atoms with E-state index in [4.69, 9.17) is 15.9 Å². The van der Waals surface area contributed by atoms with Gasteiger partial charge in [-0.05, 0) is 0 Å². The van der Waals surface area contributed by atoms with E-state index >= 15 is 0 Å². The molecule has 0 unspecified atom stereocenters. The highest BCUT2D eigenvalue weighted by Crippen LogP contribution is 2.12. The summed E-state index contributed by atoms with van der Waals surface area (Å²) in [4.78, 5) is 28.9. The first-order chi connectivity index (χ1) is 7.50. The van der Waals surface area contributed by atoms with Crippen molar-refractivity contribution in [3.63, 3.8) is 0 Å². The normalized spacial score (nSPS) is 11.1. The minimum atomic E-state index is -1.38. The van der Waals surface area contributed by atoms with Crippen LogP contribution in [0.1, 0.15) is 5.69 Å². The third kappa shape index (κ3) is 3.20. The van der Waals surface area contributed by atoms with Gasteiger partial charge < -0.3 is 20.8 Å². The molecule has 0 saturated heterocycles. The molecule has 9 heteroatoms. The Kier molecular flexibility index (Phi) is 3.78. The predicted octanol–water partition coefficient (Wildman–Crippen LogP) is -0.385. The van der Waals surface area contributed by atoms with Gasteiger partial charge in [0.2, 0.25) is 12.3 Å². The molecule has 0 saturated carbocycles. The summed E-state index contributed by atoms with van der Waals surface area (Å²) in [6.07, 6.45) is 0. The van der Waals surface area contributed by atoms with Gasteiger partial charge in [-0.25, -0.2) is 14.6 Å². The second-order valence-corrected chi connectivity index (χ2v) is 3.37. The van der Waals surface area contributed by atoms with Gasteiger partial charge in [-0.2, -0.15) is 0 Å². The Labute approximate surface area is 93.0 Å². The maximum atomic E-state index is 10.8. The highest BCUT2D eigenvalue weighted by atomic mass is 32.1. The summed E-state index contributed by atoms with van der Waals surface area (Å²) in [6.45, 7) is -0.726. The molecule has 0 spiro atoms. The summed E-state index contributed by atoms with van der Waals surface area (Å²) in [7, 11) is 0. The van der Waals surface area contributed by atoms with Crippen LogP contribution in [0.3, 0.4) is 0 Å². The van der Waals surface area contributed by atoms with Gasteiger partial charge in [0.05, 0.1) is 0 Å². The smallest absolute Gasteiger partial charge is 0.360 e. The lowest BCUT2D eigenvalue weighted by Gasteiger charge is -1.97. The van der Waals surface area contributed by atoms with Gasteiger partial charge in [0.15, 0.2) is 5.13 Å². The Balaban J connectivity index is 2.83. The van der Waals surface area contributed by atoms with Crippen LogP contribution < -0.4 is 5.73 Å². The number of carboxylic acids is 2. The number of aliphatic carboxylic acids is 2. The number of oxime groups is 1. The summed E-state index contributed by atoms with van der Waals surface area (Å²) in [5.74, 6) is -2.64. The number of thiazole rings is 1. The van der Waals surface area contributed by atoms with Crippen molar-refractivity contribution in [3.05, 3.63) is 11.1 Å². The lowest BCUT2D eigenvalue weighted by molar-refractivity contribution is -0.142. The number of anilines is 1. The van der Waals surface area contributed by atoms with E-state index in [2.05, 4.69) is 15.0 Å². The highest BCUT2D eigenvalue weighted by molar-refractivity contribution is 7.13. The molecule has 8 nitrogen and oxygen atoms in total. The average molecular weight is 245 g/mol. The van der Waals surface area contributed by atoms with Crippen LogP contribution in [0.5, 0.6) is 0 Å². The molecule has 0 atom stereocenters. The van der Waals surface area contributed by atoms with E-state index in [0.717, 1.165) is 11.3 Å². The van der Waals surface area contributed by atoms with E-state index < -0.39 is 24.3 Å². The summed E-state index contributed by atoms with van der Waals surface area (Å²) in [5.41, 5.74) is 4.85. The van der Waals surface area contributed by atoms with E-state index in [1.54, 1.807) is 0 Å². The van der Waals surface area contributed by atoms with Gasteiger partial charge in [0.1, 0.15) is 5.69 Å². The van der Waals surface area contributed by atoms with Gasteiger partial charge in [0, 0.05) is 5.38 Å². The Hall–Kier alpha value is -2.16. The molecular formula is C7H7N3O5S. The topological polar surface area (TPSA) is 135 Å². The SMILES string of the molecule is Nc1nc(/C(=N\OCC(=O)O)C(=O)O)cs1. The molecule has 0 amide bonds. The van der Waals surface area contributed by atoms with Crippen molar-refractivity contribution >= 4 is 34.1 Å². The number of nitrogens with zero attached hydrogens (tertiary/aromatic N) is 2. The third-order valence-corrected chi connectivity index (χ3v) is 1.98. The molecule has 0 fully saturated rings. The minimum Gasteiger partial charge on any atom is -0.479 e. The van der Waals surface area contributed by atoms with Crippen molar-refractivity contribution in [2.24, 2.45) is 5.16 Å². The number of nitrogen functional groups attached to an aromatic ring is 1. The zero-order chi connectivity index (χ0) is 12.1. The maximum Gasteiger partial charge on any atom is 0.360 e. The molecule has 0 aliphatic carbocycles. The largest absolute Gasteiger partial charge is 0.479 e. The van der Waals surface area contributed by atoms with E-state index in [1.165, 1.54) is 5.38 Å². The fourth-order valence-corrected chi connectivity index (χ4v) is 1.29. The van der Waals surface area contributed by atoms with Crippen LogP contribution in [0.15, 0.2) is 10.5 Å². The average Bonchev–Trinajstić information content (AvgIpc) is 2.58. The second kappa shape index (κ2) is 5.07. The van der Waals surface area contributed by atoms with Crippen LogP contribution in [0.4, 0.5) is 5.13 Å². The standard InChI is InChI=1S/C7H7N3O5S/c8-7-9-3(2-16-7)5(6(13)14)10-15-1-4(11)12/h2H,1H2,(H2,8,9)(H,11,12)(H,13,14)/b10-5+. The van der Waals surface area contributed by atoms with Crippen molar-refractivity contribution in [2.75, 3.05) is 12.3 Å². The number of hydrogen-bond donors (Lipinski definition) is 3. The zero-order valence-corrected chi connectivity index (χ0v) is 8.60. The summed E-state index contributed by atoms with van der Waals surface area (Å²) < 4.78 is 0. The fourth-order valence-electron chi connectivity index (χ4n) is 0.744. The lowest BCUT2D eigenvalue weighted by Crippen LogP contribution is -2.16. The molecule has 0 aliphatic rings. The predicted molar refractivity (Wildman–Crippen MR) is 54.3 cm³/mol. The molecule has 1 aromatic rings. The number of aromatic nitrogens is 1. The number of carbonyl (C=O) groups is 2. The molecule has 1 heterocycles. The van der Waals surface area contributed by atoms with Crippen molar-refractivity contribution in [1.29, 1.82) is 0 Å². The van der Waals surface area contributed by atoms with Crippen LogP contribution >= 0.6 is 11.3 Å². The molecule has 0 aromatic carbocycles. The number of hydrogen-bond acceptors (Lipinski definition) is 7. The van der Waals surface area contributed by atoms with Crippen molar-refractivity contribution in [3.8, 4) is 0 Å². The highest BCUT2D eigenvalue weighted by Gasteiger charge is 2.17.